The summed E-state index contributed by atoms with van der Waals surface area (Å²) < 4.78 is 12.2. The SMILES string of the molecule is COc1cccc(OC)c1C(=O)NCC(O)c1cccn1C. The Balaban J connectivity index is 2.11. The molecule has 0 spiro atoms. The highest BCUT2D eigenvalue weighted by Crippen LogP contribution is 2.28. The molecule has 0 aliphatic heterocycles. The molecule has 2 rings (SSSR count). The fraction of sp³-hybridized carbons (Fsp3) is 0.312. The molecule has 1 aromatic heterocycles. The zero-order valence-electron chi connectivity index (χ0n) is 12.9. The van der Waals surface area contributed by atoms with Crippen LogP contribution in [0.3, 0.4) is 0 Å². The minimum absolute atomic E-state index is 0.0951. The van der Waals surface area contributed by atoms with Crippen molar-refractivity contribution in [3.05, 3.63) is 47.8 Å². The van der Waals surface area contributed by atoms with E-state index in [2.05, 4.69) is 5.32 Å². The molecule has 1 heterocycles. The van der Waals surface area contributed by atoms with Gasteiger partial charge in [0, 0.05) is 25.5 Å². The first-order valence-electron chi connectivity index (χ1n) is 6.87. The highest BCUT2D eigenvalue weighted by atomic mass is 16.5. The first kappa shape index (κ1) is 15.9. The molecule has 0 saturated heterocycles. The number of ether oxygens (including phenoxy) is 2. The zero-order valence-corrected chi connectivity index (χ0v) is 12.9. The van der Waals surface area contributed by atoms with Crippen molar-refractivity contribution in [2.24, 2.45) is 7.05 Å². The second-order valence-corrected chi connectivity index (χ2v) is 4.81. The second-order valence-electron chi connectivity index (χ2n) is 4.81. The Morgan fingerprint density at radius 3 is 2.36 bits per heavy atom. The van der Waals surface area contributed by atoms with Crippen molar-refractivity contribution >= 4 is 5.91 Å². The standard InChI is InChI=1S/C16H20N2O4/c1-18-9-5-6-11(18)12(19)10-17-16(20)15-13(21-2)7-4-8-14(15)22-3/h4-9,12,19H,10H2,1-3H3,(H,17,20). The van der Waals surface area contributed by atoms with Gasteiger partial charge in [0.1, 0.15) is 23.2 Å². The first-order chi connectivity index (χ1) is 10.6. The van der Waals surface area contributed by atoms with Crippen LogP contribution in [0.4, 0.5) is 0 Å². The van der Waals surface area contributed by atoms with E-state index in [0.717, 1.165) is 5.69 Å². The summed E-state index contributed by atoms with van der Waals surface area (Å²) >= 11 is 0. The normalized spacial score (nSPS) is 11.8. The molecule has 0 radical (unpaired) electrons. The van der Waals surface area contributed by atoms with Crippen molar-refractivity contribution in [3.8, 4) is 11.5 Å². The van der Waals surface area contributed by atoms with Crippen LogP contribution in [-0.4, -0.2) is 36.3 Å². The molecule has 1 aromatic carbocycles. The Morgan fingerprint density at radius 2 is 1.86 bits per heavy atom. The monoisotopic (exact) mass is 304 g/mol. The number of carbonyl (C=O) groups is 1. The lowest BCUT2D eigenvalue weighted by Gasteiger charge is -2.15. The van der Waals surface area contributed by atoms with Gasteiger partial charge in [0.25, 0.3) is 5.91 Å². The summed E-state index contributed by atoms with van der Waals surface area (Å²) in [6, 6.07) is 8.76. The summed E-state index contributed by atoms with van der Waals surface area (Å²) in [5.41, 5.74) is 1.04. The van der Waals surface area contributed by atoms with Gasteiger partial charge in [-0.25, -0.2) is 0 Å². The summed E-state index contributed by atoms with van der Waals surface area (Å²) in [6.45, 7) is 0.0951. The fourth-order valence-electron chi connectivity index (χ4n) is 2.28. The van der Waals surface area contributed by atoms with E-state index in [1.165, 1.54) is 14.2 Å². The molecule has 0 aliphatic rings. The molecule has 6 nitrogen and oxygen atoms in total. The third-order valence-electron chi connectivity index (χ3n) is 3.44. The highest BCUT2D eigenvalue weighted by Gasteiger charge is 2.19. The summed E-state index contributed by atoms with van der Waals surface area (Å²) in [5, 5.41) is 12.8. The van der Waals surface area contributed by atoms with E-state index in [1.807, 2.05) is 19.3 Å². The van der Waals surface area contributed by atoms with Crippen LogP contribution in [0, 0.1) is 0 Å². The van der Waals surface area contributed by atoms with Crippen LogP contribution < -0.4 is 14.8 Å². The van der Waals surface area contributed by atoms with E-state index in [0.29, 0.717) is 17.1 Å². The number of aromatic nitrogens is 1. The van der Waals surface area contributed by atoms with E-state index in [4.69, 9.17) is 9.47 Å². The van der Waals surface area contributed by atoms with Gasteiger partial charge in [-0.15, -0.1) is 0 Å². The minimum atomic E-state index is -0.787. The minimum Gasteiger partial charge on any atom is -0.496 e. The van der Waals surface area contributed by atoms with Gasteiger partial charge in [-0.2, -0.15) is 0 Å². The van der Waals surface area contributed by atoms with Crippen LogP contribution >= 0.6 is 0 Å². The van der Waals surface area contributed by atoms with Gasteiger partial charge in [0.2, 0.25) is 0 Å². The number of benzene rings is 1. The molecule has 2 aromatic rings. The van der Waals surface area contributed by atoms with Crippen LogP contribution in [0.2, 0.25) is 0 Å². The molecular formula is C16H20N2O4. The fourth-order valence-corrected chi connectivity index (χ4v) is 2.28. The number of nitrogens with one attached hydrogen (secondary N) is 1. The topological polar surface area (TPSA) is 72.7 Å². The second kappa shape index (κ2) is 7.00. The largest absolute Gasteiger partial charge is 0.496 e. The molecule has 0 saturated carbocycles. The summed E-state index contributed by atoms with van der Waals surface area (Å²) in [7, 11) is 4.82. The molecule has 6 heteroatoms. The molecule has 118 valence electrons. The Hall–Kier alpha value is -2.47. The van der Waals surface area contributed by atoms with E-state index in [1.54, 1.807) is 28.8 Å². The number of aliphatic hydroxyl groups is 1. The quantitative estimate of drug-likeness (QED) is 0.848. The van der Waals surface area contributed by atoms with E-state index < -0.39 is 6.10 Å². The number of hydrogen-bond donors (Lipinski definition) is 2. The molecular weight excluding hydrogens is 284 g/mol. The average Bonchev–Trinajstić information content (AvgIpc) is 2.97. The van der Waals surface area contributed by atoms with Crippen molar-refractivity contribution in [3.63, 3.8) is 0 Å². The Labute approximate surface area is 129 Å². The molecule has 0 fully saturated rings. The smallest absolute Gasteiger partial charge is 0.258 e. The van der Waals surface area contributed by atoms with Gasteiger partial charge >= 0.3 is 0 Å². The Morgan fingerprint density at radius 1 is 1.23 bits per heavy atom. The zero-order chi connectivity index (χ0) is 16.1. The highest BCUT2D eigenvalue weighted by molar-refractivity contribution is 5.99. The number of aliphatic hydroxyl groups excluding tert-OH is 1. The number of rotatable bonds is 6. The van der Waals surface area contributed by atoms with Gasteiger partial charge in [-0.3, -0.25) is 4.79 Å². The summed E-state index contributed by atoms with van der Waals surface area (Å²) in [4.78, 5) is 12.4. The van der Waals surface area contributed by atoms with Crippen LogP contribution in [0.25, 0.3) is 0 Å². The summed E-state index contributed by atoms with van der Waals surface area (Å²) in [5.74, 6) is 0.484. The third-order valence-corrected chi connectivity index (χ3v) is 3.44. The lowest BCUT2D eigenvalue weighted by molar-refractivity contribution is 0.0906. The first-order valence-corrected chi connectivity index (χ1v) is 6.87. The molecule has 2 N–H and O–H groups in total. The van der Waals surface area contributed by atoms with E-state index >= 15 is 0 Å². The van der Waals surface area contributed by atoms with Gasteiger partial charge in [-0.05, 0) is 24.3 Å². The lowest BCUT2D eigenvalue weighted by atomic mass is 10.1. The van der Waals surface area contributed by atoms with Crippen molar-refractivity contribution in [1.29, 1.82) is 0 Å². The number of aryl methyl sites for hydroxylation is 1. The molecule has 0 bridgehead atoms. The number of amides is 1. The van der Waals surface area contributed by atoms with Gasteiger partial charge in [0.05, 0.1) is 14.2 Å². The van der Waals surface area contributed by atoms with Crippen molar-refractivity contribution in [2.45, 2.75) is 6.10 Å². The predicted molar refractivity (Wildman–Crippen MR) is 82.3 cm³/mol. The summed E-state index contributed by atoms with van der Waals surface area (Å²) in [6.07, 6.45) is 1.05. The number of hydrogen-bond acceptors (Lipinski definition) is 4. The van der Waals surface area contributed by atoms with Crippen LogP contribution in [-0.2, 0) is 7.05 Å². The maximum Gasteiger partial charge on any atom is 0.258 e. The van der Waals surface area contributed by atoms with Gasteiger partial charge in [-0.1, -0.05) is 6.07 Å². The number of methoxy groups -OCH3 is 2. The van der Waals surface area contributed by atoms with Crippen LogP contribution in [0.1, 0.15) is 22.2 Å². The van der Waals surface area contributed by atoms with Gasteiger partial charge < -0.3 is 24.5 Å². The molecule has 1 unspecified atom stereocenters. The third kappa shape index (κ3) is 3.23. The van der Waals surface area contributed by atoms with Crippen LogP contribution in [0.15, 0.2) is 36.5 Å². The molecule has 1 atom stereocenters. The van der Waals surface area contributed by atoms with Crippen molar-refractivity contribution < 1.29 is 19.4 Å². The van der Waals surface area contributed by atoms with E-state index in [9.17, 15) is 9.90 Å². The van der Waals surface area contributed by atoms with Crippen molar-refractivity contribution in [2.75, 3.05) is 20.8 Å². The molecule has 1 amide bonds. The maximum atomic E-state index is 12.4. The van der Waals surface area contributed by atoms with Crippen molar-refractivity contribution in [1.82, 2.24) is 9.88 Å². The average molecular weight is 304 g/mol. The van der Waals surface area contributed by atoms with E-state index in [-0.39, 0.29) is 12.5 Å². The number of nitrogens with zero attached hydrogens (tertiary/aromatic N) is 1. The Kier molecular flexibility index (Phi) is 5.06. The molecule has 22 heavy (non-hydrogen) atoms. The predicted octanol–water partition coefficient (Wildman–Crippen LogP) is 1.51. The molecule has 0 aliphatic carbocycles. The lowest BCUT2D eigenvalue weighted by Crippen LogP contribution is -2.29. The van der Waals surface area contributed by atoms with Crippen LogP contribution in [0.5, 0.6) is 11.5 Å². The maximum absolute atomic E-state index is 12.4. The number of carbonyl (C=O) groups excluding carboxylic acids is 1. The van der Waals surface area contributed by atoms with Gasteiger partial charge in [0.15, 0.2) is 0 Å². The Bertz CT molecular complexity index is 629.